The lowest BCUT2D eigenvalue weighted by molar-refractivity contribution is 0.0687. The van der Waals surface area contributed by atoms with Crippen molar-refractivity contribution >= 4 is 32.4 Å². The highest BCUT2D eigenvalue weighted by Crippen LogP contribution is 2.38. The summed E-state index contributed by atoms with van der Waals surface area (Å²) in [6.45, 7) is 0.236. The number of aromatic nitrogens is 1. The minimum Gasteiger partial charge on any atom is -0.477 e. The molecule has 0 saturated carbocycles. The molecule has 0 saturated heterocycles. The molecule has 0 amide bonds. The summed E-state index contributed by atoms with van der Waals surface area (Å²) in [6.07, 6.45) is 0. The molecule has 0 spiro atoms. The molecule has 1 heterocycles. The summed E-state index contributed by atoms with van der Waals surface area (Å²) in [5.41, 5.74) is 9.73. The smallest absolute Gasteiger partial charge is 0.353 e. The monoisotopic (exact) mass is 482 g/mol. The zero-order chi connectivity index (χ0) is 24.6. The fraction of sp³-hybridized carbons (Fsp3) is 0.0357. The van der Waals surface area contributed by atoms with E-state index in [1.54, 1.807) is 71.3 Å². The van der Waals surface area contributed by atoms with Crippen LogP contribution in [0.4, 0.5) is 5.69 Å². The second kappa shape index (κ2) is 8.77. The first-order valence-corrected chi connectivity index (χ1v) is 12.4. The van der Waals surface area contributed by atoms with Gasteiger partial charge in [-0.15, -0.1) is 0 Å². The first kappa shape index (κ1) is 22.4. The molecular weight excluding hydrogens is 460 g/mol. The van der Waals surface area contributed by atoms with Crippen molar-refractivity contribution in [1.82, 2.24) is 4.57 Å². The molecule has 0 atom stereocenters. The lowest BCUT2D eigenvalue weighted by Gasteiger charge is -2.11. The summed E-state index contributed by atoms with van der Waals surface area (Å²) < 4.78 is 27.6. The van der Waals surface area contributed by atoms with Crippen molar-refractivity contribution in [2.24, 2.45) is 0 Å². The van der Waals surface area contributed by atoms with Gasteiger partial charge in [-0.1, -0.05) is 66.7 Å². The molecule has 4 aromatic carbocycles. The highest BCUT2D eigenvalue weighted by Gasteiger charge is 2.25. The number of nitrogen functional groups attached to an aromatic ring is 1. The Morgan fingerprint density at radius 3 is 2.00 bits per heavy atom. The second-order valence-electron chi connectivity index (χ2n) is 8.18. The lowest BCUT2D eigenvalue weighted by Crippen LogP contribution is -2.11. The van der Waals surface area contributed by atoms with Gasteiger partial charge < -0.3 is 15.4 Å². The van der Waals surface area contributed by atoms with E-state index in [0.717, 1.165) is 11.1 Å². The van der Waals surface area contributed by atoms with Crippen molar-refractivity contribution in [2.75, 3.05) is 5.73 Å². The van der Waals surface area contributed by atoms with Crippen LogP contribution < -0.4 is 5.73 Å². The fourth-order valence-corrected chi connectivity index (χ4v) is 5.68. The molecule has 7 heteroatoms. The SMILES string of the molecule is Nc1cccc2c1c(-c1ccccc1)c(C(=O)O)n2Cc1ccc(S(=O)(=O)c2ccccc2)cc1. The van der Waals surface area contributed by atoms with Gasteiger partial charge in [0, 0.05) is 23.2 Å². The standard InChI is InChI=1S/C28H22N2O4S/c29-23-12-7-13-24-26(23)25(20-8-3-1-4-9-20)27(28(31)32)30(24)18-19-14-16-22(17-15-19)35(33,34)21-10-5-2-6-11-21/h1-17H,18,29H2,(H,31,32). The van der Waals surface area contributed by atoms with Crippen molar-refractivity contribution in [2.45, 2.75) is 16.3 Å². The second-order valence-corrected chi connectivity index (χ2v) is 10.1. The van der Waals surface area contributed by atoms with Gasteiger partial charge >= 0.3 is 5.97 Å². The number of hydrogen-bond acceptors (Lipinski definition) is 4. The number of fused-ring (bicyclic) bond motifs is 1. The molecule has 6 nitrogen and oxygen atoms in total. The van der Waals surface area contributed by atoms with Crippen LogP contribution in [0.2, 0.25) is 0 Å². The molecular formula is C28H22N2O4S. The number of nitrogens with zero attached hydrogens (tertiary/aromatic N) is 1. The van der Waals surface area contributed by atoms with Crippen LogP contribution in [0.5, 0.6) is 0 Å². The van der Waals surface area contributed by atoms with E-state index in [1.807, 2.05) is 36.4 Å². The molecule has 3 N–H and O–H groups in total. The lowest BCUT2D eigenvalue weighted by atomic mass is 10.0. The van der Waals surface area contributed by atoms with Gasteiger partial charge in [-0.05, 0) is 47.5 Å². The minimum absolute atomic E-state index is 0.130. The van der Waals surface area contributed by atoms with Gasteiger partial charge in [0.25, 0.3) is 0 Å². The Morgan fingerprint density at radius 1 is 0.771 bits per heavy atom. The number of sulfone groups is 1. The van der Waals surface area contributed by atoms with E-state index < -0.39 is 15.8 Å². The normalized spacial score (nSPS) is 11.5. The predicted octanol–water partition coefficient (Wildman–Crippen LogP) is 5.47. The maximum Gasteiger partial charge on any atom is 0.353 e. The summed E-state index contributed by atoms with van der Waals surface area (Å²) in [7, 11) is -3.64. The number of aromatic carboxylic acids is 1. The zero-order valence-electron chi connectivity index (χ0n) is 18.6. The van der Waals surface area contributed by atoms with Gasteiger partial charge in [0.1, 0.15) is 5.69 Å². The number of anilines is 1. The van der Waals surface area contributed by atoms with Gasteiger partial charge in [0.05, 0.1) is 15.3 Å². The van der Waals surface area contributed by atoms with Crippen LogP contribution in [0, 0.1) is 0 Å². The molecule has 174 valence electrons. The maximum atomic E-state index is 12.9. The van der Waals surface area contributed by atoms with Gasteiger partial charge in [-0.3, -0.25) is 0 Å². The highest BCUT2D eigenvalue weighted by atomic mass is 32.2. The molecule has 0 unspecified atom stereocenters. The number of carboxylic acid groups (broad SMARTS) is 1. The van der Waals surface area contributed by atoms with Crippen LogP contribution in [-0.4, -0.2) is 24.1 Å². The van der Waals surface area contributed by atoms with Crippen molar-refractivity contribution in [3.8, 4) is 11.1 Å². The third-order valence-electron chi connectivity index (χ3n) is 6.02. The molecule has 0 bridgehead atoms. The average Bonchev–Trinajstić information content (AvgIpc) is 3.21. The average molecular weight is 483 g/mol. The van der Waals surface area contributed by atoms with Crippen LogP contribution in [0.15, 0.2) is 113 Å². The Labute approximate surface area is 202 Å². The first-order valence-electron chi connectivity index (χ1n) is 11.0. The number of hydrogen-bond donors (Lipinski definition) is 2. The van der Waals surface area contributed by atoms with E-state index in [4.69, 9.17) is 5.73 Å². The third-order valence-corrected chi connectivity index (χ3v) is 7.80. The van der Waals surface area contributed by atoms with Crippen LogP contribution in [0.1, 0.15) is 16.1 Å². The Bertz CT molecular complexity index is 1640. The number of carboxylic acids is 1. The van der Waals surface area contributed by atoms with Crippen molar-refractivity contribution < 1.29 is 18.3 Å². The predicted molar refractivity (Wildman–Crippen MR) is 136 cm³/mol. The molecule has 5 rings (SSSR count). The van der Waals surface area contributed by atoms with Gasteiger partial charge in [-0.2, -0.15) is 0 Å². The topological polar surface area (TPSA) is 102 Å². The van der Waals surface area contributed by atoms with E-state index in [-0.39, 0.29) is 22.0 Å². The summed E-state index contributed by atoms with van der Waals surface area (Å²) in [5.74, 6) is -1.07. The van der Waals surface area contributed by atoms with Gasteiger partial charge in [-0.25, -0.2) is 13.2 Å². The summed E-state index contributed by atoms with van der Waals surface area (Å²) in [4.78, 5) is 12.9. The third kappa shape index (κ3) is 3.96. The summed E-state index contributed by atoms with van der Waals surface area (Å²) in [5, 5.41) is 10.9. The summed E-state index contributed by atoms with van der Waals surface area (Å²) >= 11 is 0. The van der Waals surface area contributed by atoms with Crippen LogP contribution in [0.3, 0.4) is 0 Å². The molecule has 35 heavy (non-hydrogen) atoms. The summed E-state index contributed by atoms with van der Waals surface area (Å²) in [6, 6.07) is 29.5. The van der Waals surface area contributed by atoms with Gasteiger partial charge in [0.2, 0.25) is 9.84 Å². The number of benzene rings is 4. The largest absolute Gasteiger partial charge is 0.477 e. The van der Waals surface area contributed by atoms with Crippen molar-refractivity contribution in [1.29, 1.82) is 0 Å². The Kier molecular flexibility index (Phi) is 5.62. The van der Waals surface area contributed by atoms with Crippen LogP contribution in [0.25, 0.3) is 22.0 Å². The molecule has 0 aliphatic carbocycles. The number of rotatable bonds is 6. The number of carbonyl (C=O) groups is 1. The molecule has 0 fully saturated rings. The van der Waals surface area contributed by atoms with E-state index in [1.165, 1.54) is 0 Å². The molecule has 0 aliphatic heterocycles. The molecule has 5 aromatic rings. The molecule has 1 aromatic heterocycles. The molecule has 0 radical (unpaired) electrons. The quantitative estimate of drug-likeness (QED) is 0.313. The van der Waals surface area contributed by atoms with E-state index in [2.05, 4.69) is 0 Å². The van der Waals surface area contributed by atoms with Crippen molar-refractivity contribution in [3.05, 3.63) is 114 Å². The molecule has 0 aliphatic rings. The van der Waals surface area contributed by atoms with Crippen LogP contribution in [-0.2, 0) is 16.4 Å². The van der Waals surface area contributed by atoms with E-state index >= 15 is 0 Å². The Morgan fingerprint density at radius 2 is 1.37 bits per heavy atom. The van der Waals surface area contributed by atoms with E-state index in [9.17, 15) is 18.3 Å². The van der Waals surface area contributed by atoms with Crippen molar-refractivity contribution in [3.63, 3.8) is 0 Å². The van der Waals surface area contributed by atoms with Crippen LogP contribution >= 0.6 is 0 Å². The van der Waals surface area contributed by atoms with E-state index in [0.29, 0.717) is 22.2 Å². The zero-order valence-corrected chi connectivity index (χ0v) is 19.4. The first-order chi connectivity index (χ1) is 16.9. The number of nitrogens with two attached hydrogens (primary N) is 1. The fourth-order valence-electron chi connectivity index (χ4n) is 4.39. The Balaban J connectivity index is 1.62. The maximum absolute atomic E-state index is 12.9. The minimum atomic E-state index is -3.64. The highest BCUT2D eigenvalue weighted by molar-refractivity contribution is 7.91. The van der Waals surface area contributed by atoms with Gasteiger partial charge in [0.15, 0.2) is 0 Å². The Hall–Kier alpha value is -4.36.